The predicted molar refractivity (Wildman–Crippen MR) is 108 cm³/mol. The summed E-state index contributed by atoms with van der Waals surface area (Å²) in [6.07, 6.45) is 9.94. The third-order valence-corrected chi connectivity index (χ3v) is 5.99. The summed E-state index contributed by atoms with van der Waals surface area (Å²) >= 11 is 0. The van der Waals surface area contributed by atoms with Crippen LogP contribution in [0, 0.1) is 0 Å². The SMILES string of the molecule is CCCc1cc(C2(c3ccc(O)cc3)CCCCC2)cc(CCC)c1O. The third kappa shape index (κ3) is 3.60. The first-order valence-corrected chi connectivity index (χ1v) is 10.3. The average Bonchev–Trinajstić information content (AvgIpc) is 2.66. The van der Waals surface area contributed by atoms with Crippen LogP contribution in [-0.4, -0.2) is 10.2 Å². The summed E-state index contributed by atoms with van der Waals surface area (Å²) in [4.78, 5) is 0. The van der Waals surface area contributed by atoms with E-state index in [1.54, 1.807) is 0 Å². The molecule has 0 heterocycles. The Kier molecular flexibility index (Phi) is 5.90. The largest absolute Gasteiger partial charge is 0.508 e. The minimum atomic E-state index is 0.00460. The smallest absolute Gasteiger partial charge is 0.121 e. The van der Waals surface area contributed by atoms with Gasteiger partial charge in [-0.15, -0.1) is 0 Å². The normalized spacial score (nSPS) is 16.5. The predicted octanol–water partition coefficient (Wildman–Crippen LogP) is 6.25. The standard InChI is InChI=1S/C24H32O2/c1-3-8-18-16-21(17-19(9-4-2)23(18)26)24(14-6-5-7-15-24)20-10-12-22(25)13-11-20/h10-13,16-17,25-26H,3-9,14-15H2,1-2H3. The van der Waals surface area contributed by atoms with Crippen LogP contribution in [0.25, 0.3) is 0 Å². The van der Waals surface area contributed by atoms with E-state index >= 15 is 0 Å². The van der Waals surface area contributed by atoms with Crippen molar-refractivity contribution in [3.05, 3.63) is 58.7 Å². The lowest BCUT2D eigenvalue weighted by Crippen LogP contribution is -2.30. The Bertz CT molecular complexity index is 697. The van der Waals surface area contributed by atoms with E-state index in [9.17, 15) is 10.2 Å². The topological polar surface area (TPSA) is 40.5 Å². The van der Waals surface area contributed by atoms with E-state index in [1.165, 1.54) is 30.4 Å². The van der Waals surface area contributed by atoms with Crippen LogP contribution in [0.2, 0.25) is 0 Å². The Labute approximate surface area is 157 Å². The lowest BCUT2D eigenvalue weighted by Gasteiger charge is -2.39. The molecule has 0 radical (unpaired) electrons. The molecule has 0 spiro atoms. The molecule has 1 fully saturated rings. The Balaban J connectivity index is 2.15. The Morgan fingerprint density at radius 1 is 0.769 bits per heavy atom. The van der Waals surface area contributed by atoms with Gasteiger partial charge in [0.05, 0.1) is 0 Å². The van der Waals surface area contributed by atoms with Crippen molar-refractivity contribution in [3.63, 3.8) is 0 Å². The molecule has 2 nitrogen and oxygen atoms in total. The van der Waals surface area contributed by atoms with Crippen molar-refractivity contribution in [2.75, 3.05) is 0 Å². The van der Waals surface area contributed by atoms with Crippen LogP contribution in [-0.2, 0) is 18.3 Å². The van der Waals surface area contributed by atoms with Gasteiger partial charge >= 0.3 is 0 Å². The van der Waals surface area contributed by atoms with Crippen molar-refractivity contribution < 1.29 is 10.2 Å². The molecule has 0 saturated heterocycles. The van der Waals surface area contributed by atoms with Crippen LogP contribution in [0.1, 0.15) is 81.0 Å². The quantitative estimate of drug-likeness (QED) is 0.645. The molecule has 3 rings (SSSR count). The van der Waals surface area contributed by atoms with E-state index in [2.05, 4.69) is 38.1 Å². The molecule has 0 atom stereocenters. The van der Waals surface area contributed by atoms with E-state index in [1.807, 2.05) is 12.1 Å². The maximum Gasteiger partial charge on any atom is 0.121 e. The fraction of sp³-hybridized carbons (Fsp3) is 0.500. The van der Waals surface area contributed by atoms with E-state index in [0.717, 1.165) is 49.7 Å². The van der Waals surface area contributed by atoms with Gasteiger partial charge in [-0.3, -0.25) is 0 Å². The number of phenols is 2. The molecule has 2 aromatic rings. The zero-order chi connectivity index (χ0) is 18.6. The average molecular weight is 353 g/mol. The van der Waals surface area contributed by atoms with Crippen LogP contribution in [0.5, 0.6) is 11.5 Å². The number of hydrogen-bond donors (Lipinski definition) is 2. The molecule has 0 unspecified atom stereocenters. The van der Waals surface area contributed by atoms with E-state index < -0.39 is 0 Å². The van der Waals surface area contributed by atoms with Gasteiger partial charge in [-0.25, -0.2) is 0 Å². The maximum absolute atomic E-state index is 10.7. The van der Waals surface area contributed by atoms with E-state index in [-0.39, 0.29) is 5.41 Å². The molecule has 140 valence electrons. The van der Waals surface area contributed by atoms with Crippen LogP contribution in [0.3, 0.4) is 0 Å². The second-order valence-corrected chi connectivity index (χ2v) is 7.83. The molecule has 1 aliphatic rings. The lowest BCUT2D eigenvalue weighted by atomic mass is 9.64. The van der Waals surface area contributed by atoms with Gasteiger partial charge in [-0.2, -0.15) is 0 Å². The highest BCUT2D eigenvalue weighted by Crippen LogP contribution is 2.47. The highest BCUT2D eigenvalue weighted by molar-refractivity contribution is 5.50. The van der Waals surface area contributed by atoms with Gasteiger partial charge in [-0.05, 0) is 60.1 Å². The van der Waals surface area contributed by atoms with Crippen molar-refractivity contribution in [2.24, 2.45) is 0 Å². The lowest BCUT2D eigenvalue weighted by molar-refractivity contribution is 0.344. The Morgan fingerprint density at radius 3 is 1.81 bits per heavy atom. The van der Waals surface area contributed by atoms with E-state index in [0.29, 0.717) is 11.5 Å². The molecule has 2 N–H and O–H groups in total. The van der Waals surface area contributed by atoms with Crippen molar-refractivity contribution >= 4 is 0 Å². The molecular formula is C24H32O2. The minimum absolute atomic E-state index is 0.00460. The molecule has 1 aliphatic carbocycles. The summed E-state index contributed by atoms with van der Waals surface area (Å²) in [6, 6.07) is 12.3. The summed E-state index contributed by atoms with van der Waals surface area (Å²) in [5.41, 5.74) is 4.84. The third-order valence-electron chi connectivity index (χ3n) is 5.99. The van der Waals surface area contributed by atoms with E-state index in [4.69, 9.17) is 0 Å². The second-order valence-electron chi connectivity index (χ2n) is 7.83. The molecule has 0 amide bonds. The number of hydrogen-bond acceptors (Lipinski definition) is 2. The van der Waals surface area contributed by atoms with Crippen LogP contribution >= 0.6 is 0 Å². The molecule has 2 aromatic carbocycles. The first-order valence-electron chi connectivity index (χ1n) is 10.3. The minimum Gasteiger partial charge on any atom is -0.508 e. The van der Waals surface area contributed by atoms with Crippen molar-refractivity contribution in [1.82, 2.24) is 0 Å². The molecule has 1 saturated carbocycles. The summed E-state index contributed by atoms with van der Waals surface area (Å²) in [5.74, 6) is 0.831. The van der Waals surface area contributed by atoms with Crippen LogP contribution in [0.4, 0.5) is 0 Å². The Morgan fingerprint density at radius 2 is 1.31 bits per heavy atom. The second kappa shape index (κ2) is 8.16. The molecule has 0 aromatic heterocycles. The van der Waals surface area contributed by atoms with Crippen molar-refractivity contribution in [1.29, 1.82) is 0 Å². The van der Waals surface area contributed by atoms with Gasteiger partial charge in [0.2, 0.25) is 0 Å². The van der Waals surface area contributed by atoms with Gasteiger partial charge in [-0.1, -0.05) is 70.2 Å². The number of rotatable bonds is 6. The van der Waals surface area contributed by atoms with Crippen molar-refractivity contribution in [3.8, 4) is 11.5 Å². The number of benzene rings is 2. The fourth-order valence-corrected chi connectivity index (χ4v) is 4.64. The first-order chi connectivity index (χ1) is 12.6. The number of aromatic hydroxyl groups is 2. The number of phenolic OH excluding ortho intramolecular Hbond substituents is 2. The molecular weight excluding hydrogens is 320 g/mol. The summed E-state index contributed by atoms with van der Waals surface area (Å²) < 4.78 is 0. The zero-order valence-electron chi connectivity index (χ0n) is 16.2. The van der Waals surface area contributed by atoms with Crippen LogP contribution in [0.15, 0.2) is 36.4 Å². The number of aryl methyl sites for hydroxylation is 2. The molecule has 26 heavy (non-hydrogen) atoms. The highest BCUT2D eigenvalue weighted by Gasteiger charge is 2.36. The van der Waals surface area contributed by atoms with Gasteiger partial charge in [0.25, 0.3) is 0 Å². The summed E-state index contributed by atoms with van der Waals surface area (Å²) in [7, 11) is 0. The monoisotopic (exact) mass is 352 g/mol. The first kappa shape index (κ1) is 18.8. The van der Waals surface area contributed by atoms with Crippen molar-refractivity contribution in [2.45, 2.75) is 77.0 Å². The van der Waals surface area contributed by atoms with Gasteiger partial charge < -0.3 is 10.2 Å². The Hall–Kier alpha value is -1.96. The summed E-state index contributed by atoms with van der Waals surface area (Å²) in [6.45, 7) is 4.34. The van der Waals surface area contributed by atoms with Gasteiger partial charge in [0.1, 0.15) is 11.5 Å². The maximum atomic E-state index is 10.7. The van der Waals surface area contributed by atoms with Gasteiger partial charge in [0, 0.05) is 5.41 Å². The van der Waals surface area contributed by atoms with Gasteiger partial charge in [0.15, 0.2) is 0 Å². The van der Waals surface area contributed by atoms with Crippen LogP contribution < -0.4 is 0 Å². The highest BCUT2D eigenvalue weighted by atomic mass is 16.3. The molecule has 2 heteroatoms. The molecule has 0 aliphatic heterocycles. The fourth-order valence-electron chi connectivity index (χ4n) is 4.64. The zero-order valence-corrected chi connectivity index (χ0v) is 16.2. The molecule has 0 bridgehead atoms. The summed E-state index contributed by atoms with van der Waals surface area (Å²) in [5, 5.41) is 20.5.